The number of hydrogen-bond donors (Lipinski definition) is 2. The number of carboxylic acid groups (broad SMARTS) is 1. The summed E-state index contributed by atoms with van der Waals surface area (Å²) in [5, 5.41) is 16.3. The molecule has 2 N–H and O–H groups in total. The van der Waals surface area contributed by atoms with E-state index in [4.69, 9.17) is 9.84 Å². The maximum atomic E-state index is 11.1. The molecule has 17 heavy (non-hydrogen) atoms. The Labute approximate surface area is 101 Å². The predicted molar refractivity (Wildman–Crippen MR) is 64.5 cm³/mol. The Balaban J connectivity index is 2.61. The maximum absolute atomic E-state index is 11.1. The SMILES string of the molecule is CCOCCCNc1c(C(=O)O)c(C)nn1C. The van der Waals surface area contributed by atoms with Crippen LogP contribution in [0.5, 0.6) is 0 Å². The highest BCUT2D eigenvalue weighted by Gasteiger charge is 2.18. The van der Waals surface area contributed by atoms with Crippen LogP contribution in [0.15, 0.2) is 0 Å². The number of aromatic nitrogens is 2. The number of nitrogens with zero attached hydrogens (tertiary/aromatic N) is 2. The number of aromatic carboxylic acids is 1. The van der Waals surface area contributed by atoms with Gasteiger partial charge in [-0.15, -0.1) is 0 Å². The van der Waals surface area contributed by atoms with Gasteiger partial charge in [-0.05, 0) is 20.3 Å². The fourth-order valence-corrected chi connectivity index (χ4v) is 1.64. The quantitative estimate of drug-likeness (QED) is 0.703. The lowest BCUT2D eigenvalue weighted by atomic mass is 10.2. The lowest BCUT2D eigenvalue weighted by Gasteiger charge is -2.07. The van der Waals surface area contributed by atoms with Crippen molar-refractivity contribution in [2.45, 2.75) is 20.3 Å². The van der Waals surface area contributed by atoms with Crippen LogP contribution in [0.1, 0.15) is 29.4 Å². The lowest BCUT2D eigenvalue weighted by molar-refractivity contribution is 0.0697. The molecule has 0 fully saturated rings. The van der Waals surface area contributed by atoms with Crippen molar-refractivity contribution in [2.75, 3.05) is 25.1 Å². The van der Waals surface area contributed by atoms with Crippen LogP contribution < -0.4 is 5.32 Å². The van der Waals surface area contributed by atoms with E-state index in [-0.39, 0.29) is 5.56 Å². The molecule has 0 radical (unpaired) electrons. The van der Waals surface area contributed by atoms with E-state index in [0.717, 1.165) is 6.42 Å². The van der Waals surface area contributed by atoms with E-state index in [1.807, 2.05) is 6.92 Å². The summed E-state index contributed by atoms with van der Waals surface area (Å²) in [6.07, 6.45) is 0.830. The van der Waals surface area contributed by atoms with Crippen LogP contribution in [0, 0.1) is 6.92 Å². The average Bonchev–Trinajstić information content (AvgIpc) is 2.53. The third-order valence-corrected chi connectivity index (χ3v) is 2.40. The first kappa shape index (κ1) is 13.5. The minimum absolute atomic E-state index is 0.240. The number of carbonyl (C=O) groups is 1. The van der Waals surface area contributed by atoms with E-state index in [0.29, 0.717) is 31.3 Å². The first-order valence-electron chi connectivity index (χ1n) is 5.66. The van der Waals surface area contributed by atoms with Crippen LogP contribution in [0.3, 0.4) is 0 Å². The van der Waals surface area contributed by atoms with Crippen LogP contribution in [-0.2, 0) is 11.8 Å². The van der Waals surface area contributed by atoms with Crippen LogP contribution in [0.25, 0.3) is 0 Å². The van der Waals surface area contributed by atoms with E-state index in [1.165, 1.54) is 0 Å². The van der Waals surface area contributed by atoms with Gasteiger partial charge in [-0.2, -0.15) is 5.10 Å². The van der Waals surface area contributed by atoms with Crippen molar-refractivity contribution in [3.63, 3.8) is 0 Å². The van der Waals surface area contributed by atoms with E-state index in [9.17, 15) is 4.79 Å². The Morgan fingerprint density at radius 3 is 2.88 bits per heavy atom. The molecule has 0 saturated heterocycles. The van der Waals surface area contributed by atoms with Crippen LogP contribution >= 0.6 is 0 Å². The molecule has 0 unspecified atom stereocenters. The molecule has 0 aliphatic rings. The van der Waals surface area contributed by atoms with Gasteiger partial charge < -0.3 is 15.2 Å². The third-order valence-electron chi connectivity index (χ3n) is 2.40. The summed E-state index contributed by atoms with van der Waals surface area (Å²) in [5.41, 5.74) is 0.760. The van der Waals surface area contributed by atoms with Gasteiger partial charge in [0.25, 0.3) is 0 Å². The van der Waals surface area contributed by atoms with Crippen molar-refractivity contribution in [1.29, 1.82) is 0 Å². The van der Waals surface area contributed by atoms with E-state index in [2.05, 4.69) is 10.4 Å². The van der Waals surface area contributed by atoms with E-state index >= 15 is 0 Å². The molecule has 1 aromatic rings. The lowest BCUT2D eigenvalue weighted by Crippen LogP contribution is -2.12. The number of carboxylic acids is 1. The molecule has 6 heteroatoms. The standard InChI is InChI=1S/C11H19N3O3/c1-4-17-7-5-6-12-10-9(11(15)16)8(2)13-14(10)3/h12H,4-7H2,1-3H3,(H,15,16). The van der Waals surface area contributed by atoms with Gasteiger partial charge in [0.15, 0.2) is 0 Å². The number of anilines is 1. The van der Waals surface area contributed by atoms with Gasteiger partial charge in [0.2, 0.25) is 0 Å². The minimum Gasteiger partial charge on any atom is -0.477 e. The molecule has 0 saturated carbocycles. The van der Waals surface area contributed by atoms with E-state index < -0.39 is 5.97 Å². The normalized spacial score (nSPS) is 10.5. The number of aryl methyl sites for hydroxylation is 2. The molecule has 0 aliphatic carbocycles. The molecule has 96 valence electrons. The summed E-state index contributed by atoms with van der Waals surface area (Å²) in [4.78, 5) is 11.1. The maximum Gasteiger partial charge on any atom is 0.341 e. The highest BCUT2D eigenvalue weighted by molar-refractivity contribution is 5.94. The first-order chi connectivity index (χ1) is 8.07. The van der Waals surface area contributed by atoms with Gasteiger partial charge in [-0.25, -0.2) is 4.79 Å². The van der Waals surface area contributed by atoms with Crippen molar-refractivity contribution < 1.29 is 14.6 Å². The molecular formula is C11H19N3O3. The summed E-state index contributed by atoms with van der Waals surface area (Å²) >= 11 is 0. The Morgan fingerprint density at radius 1 is 1.59 bits per heavy atom. The molecule has 0 amide bonds. The van der Waals surface area contributed by atoms with E-state index in [1.54, 1.807) is 18.7 Å². The van der Waals surface area contributed by atoms with Crippen molar-refractivity contribution >= 4 is 11.8 Å². The summed E-state index contributed by atoms with van der Waals surface area (Å²) < 4.78 is 6.76. The van der Waals surface area contributed by atoms with Crippen LogP contribution in [0.4, 0.5) is 5.82 Å². The molecule has 0 aliphatic heterocycles. The molecule has 1 rings (SSSR count). The molecule has 1 aromatic heterocycles. The van der Waals surface area contributed by atoms with Gasteiger partial charge in [-0.3, -0.25) is 4.68 Å². The monoisotopic (exact) mass is 241 g/mol. The third kappa shape index (κ3) is 3.45. The fraction of sp³-hybridized carbons (Fsp3) is 0.636. The Bertz CT molecular complexity index is 388. The van der Waals surface area contributed by atoms with Gasteiger partial charge in [0, 0.05) is 26.8 Å². The second kappa shape index (κ2) is 6.24. The molecular weight excluding hydrogens is 222 g/mol. The first-order valence-corrected chi connectivity index (χ1v) is 5.66. The van der Waals surface area contributed by atoms with Crippen molar-refractivity contribution in [3.05, 3.63) is 11.3 Å². The molecule has 0 atom stereocenters. The molecule has 0 aromatic carbocycles. The Morgan fingerprint density at radius 2 is 2.29 bits per heavy atom. The second-order valence-corrected chi connectivity index (χ2v) is 3.72. The molecule has 0 bridgehead atoms. The number of hydrogen-bond acceptors (Lipinski definition) is 4. The Hall–Kier alpha value is -1.56. The molecule has 1 heterocycles. The Kier molecular flexibility index (Phi) is 4.96. The second-order valence-electron chi connectivity index (χ2n) is 3.72. The average molecular weight is 241 g/mol. The van der Waals surface area contributed by atoms with Gasteiger partial charge in [-0.1, -0.05) is 0 Å². The zero-order valence-corrected chi connectivity index (χ0v) is 10.5. The highest BCUT2D eigenvalue weighted by Crippen LogP contribution is 2.18. The number of ether oxygens (including phenoxy) is 1. The summed E-state index contributed by atoms with van der Waals surface area (Å²) in [7, 11) is 1.73. The largest absolute Gasteiger partial charge is 0.477 e. The number of nitrogens with one attached hydrogen (secondary N) is 1. The molecule has 0 spiro atoms. The van der Waals surface area contributed by atoms with Crippen LogP contribution in [0.2, 0.25) is 0 Å². The minimum atomic E-state index is -0.956. The highest BCUT2D eigenvalue weighted by atomic mass is 16.5. The van der Waals surface area contributed by atoms with Crippen molar-refractivity contribution in [1.82, 2.24) is 9.78 Å². The molecule has 6 nitrogen and oxygen atoms in total. The summed E-state index contributed by atoms with van der Waals surface area (Å²) in [6, 6.07) is 0. The van der Waals surface area contributed by atoms with Gasteiger partial charge in [0.05, 0.1) is 5.69 Å². The van der Waals surface area contributed by atoms with Crippen LogP contribution in [-0.4, -0.2) is 40.6 Å². The summed E-state index contributed by atoms with van der Waals surface area (Å²) in [6.45, 7) is 5.67. The zero-order chi connectivity index (χ0) is 12.8. The number of rotatable bonds is 7. The zero-order valence-electron chi connectivity index (χ0n) is 10.5. The van der Waals surface area contributed by atoms with Gasteiger partial charge in [0.1, 0.15) is 11.4 Å². The fourth-order valence-electron chi connectivity index (χ4n) is 1.64. The summed E-state index contributed by atoms with van der Waals surface area (Å²) in [5.74, 6) is -0.408. The van der Waals surface area contributed by atoms with Crippen molar-refractivity contribution in [3.8, 4) is 0 Å². The van der Waals surface area contributed by atoms with Gasteiger partial charge >= 0.3 is 5.97 Å². The smallest absolute Gasteiger partial charge is 0.341 e. The topological polar surface area (TPSA) is 76.4 Å². The van der Waals surface area contributed by atoms with Crippen molar-refractivity contribution in [2.24, 2.45) is 7.05 Å². The predicted octanol–water partition coefficient (Wildman–Crippen LogP) is 1.27.